The van der Waals surface area contributed by atoms with Gasteiger partial charge in [0, 0.05) is 38.9 Å². The Kier molecular flexibility index (Phi) is 6.07. The number of carbonyl (C=O) groups excluding carboxylic acids is 1. The van der Waals surface area contributed by atoms with Crippen LogP contribution in [0, 0.1) is 0 Å². The van der Waals surface area contributed by atoms with E-state index in [1.54, 1.807) is 4.90 Å². The summed E-state index contributed by atoms with van der Waals surface area (Å²) in [4.78, 5) is 16.0. The maximum atomic E-state index is 12.2. The minimum Gasteiger partial charge on any atom is -0.393 e. The number of aliphatic hydroxyl groups excluding tert-OH is 1. The van der Waals surface area contributed by atoms with E-state index in [1.165, 1.54) is 0 Å². The second kappa shape index (κ2) is 8.03. The molecule has 1 fully saturated rings. The van der Waals surface area contributed by atoms with Gasteiger partial charge in [0.05, 0.1) is 6.10 Å². The van der Waals surface area contributed by atoms with E-state index in [2.05, 4.69) is 22.3 Å². The predicted octanol–water partition coefficient (Wildman–Crippen LogP) is 2.07. The molecule has 22 heavy (non-hydrogen) atoms. The van der Waals surface area contributed by atoms with Crippen molar-refractivity contribution >= 4 is 11.7 Å². The van der Waals surface area contributed by atoms with Crippen molar-refractivity contribution in [3.63, 3.8) is 0 Å². The number of rotatable bonds is 5. The Balaban J connectivity index is 1.72. The number of hydrogen-bond acceptors (Lipinski definition) is 3. The zero-order valence-corrected chi connectivity index (χ0v) is 13.5. The van der Waals surface area contributed by atoms with Crippen molar-refractivity contribution in [1.29, 1.82) is 0 Å². The van der Waals surface area contributed by atoms with E-state index >= 15 is 0 Å². The summed E-state index contributed by atoms with van der Waals surface area (Å²) in [6, 6.07) is 10.3. The van der Waals surface area contributed by atoms with E-state index in [0.29, 0.717) is 6.54 Å². The largest absolute Gasteiger partial charge is 0.393 e. The lowest BCUT2D eigenvalue weighted by Crippen LogP contribution is -2.46. The topological polar surface area (TPSA) is 55.8 Å². The summed E-state index contributed by atoms with van der Waals surface area (Å²) in [5.41, 5.74) is 1.15. The normalized spacial score (nSPS) is 21.2. The molecule has 2 N–H and O–H groups in total. The lowest BCUT2D eigenvalue weighted by molar-refractivity contribution is 0.116. The fraction of sp³-hybridized carbons (Fsp3) is 0.588. The lowest BCUT2D eigenvalue weighted by atomic mass is 9.93. The van der Waals surface area contributed by atoms with Crippen molar-refractivity contribution in [2.45, 2.75) is 37.8 Å². The summed E-state index contributed by atoms with van der Waals surface area (Å²) in [5, 5.41) is 12.6. The number of para-hydroxylation sites is 1. The molecule has 1 aliphatic carbocycles. The first-order valence-corrected chi connectivity index (χ1v) is 8.02. The number of aliphatic hydroxyl groups is 1. The third-order valence-corrected chi connectivity index (χ3v) is 4.34. The van der Waals surface area contributed by atoms with E-state index in [0.717, 1.165) is 37.9 Å². The summed E-state index contributed by atoms with van der Waals surface area (Å²) >= 11 is 0. The number of carbonyl (C=O) groups is 1. The molecule has 2 amide bonds. The third kappa shape index (κ3) is 4.91. The van der Waals surface area contributed by atoms with Crippen molar-refractivity contribution in [1.82, 2.24) is 10.2 Å². The molecule has 1 aromatic rings. The minimum atomic E-state index is -0.189. The molecule has 0 spiro atoms. The lowest BCUT2D eigenvalue weighted by Gasteiger charge is -2.29. The SMILES string of the molecule is CN(CCN(C)c1ccccc1)C(=O)NC1CCC(O)CC1. The quantitative estimate of drug-likeness (QED) is 0.875. The maximum absolute atomic E-state index is 12.2. The van der Waals surface area contributed by atoms with Gasteiger partial charge in [-0.25, -0.2) is 4.79 Å². The molecule has 2 rings (SSSR count). The molecule has 5 heteroatoms. The summed E-state index contributed by atoms with van der Waals surface area (Å²) in [5.74, 6) is 0. The standard InChI is InChI=1S/C17H27N3O2/c1-19(15-6-4-3-5-7-15)12-13-20(2)17(22)18-14-8-10-16(21)11-9-14/h3-7,14,16,21H,8-13H2,1-2H3,(H,18,22). The van der Waals surface area contributed by atoms with Gasteiger partial charge in [0.2, 0.25) is 0 Å². The minimum absolute atomic E-state index is 0.0251. The Hall–Kier alpha value is -1.75. The molecular weight excluding hydrogens is 278 g/mol. The number of hydrogen-bond donors (Lipinski definition) is 2. The molecule has 1 saturated carbocycles. The number of urea groups is 1. The van der Waals surface area contributed by atoms with Gasteiger partial charge in [-0.1, -0.05) is 18.2 Å². The van der Waals surface area contributed by atoms with Gasteiger partial charge in [0.25, 0.3) is 0 Å². The van der Waals surface area contributed by atoms with Crippen LogP contribution in [0.2, 0.25) is 0 Å². The average Bonchev–Trinajstić information content (AvgIpc) is 2.55. The molecule has 0 atom stereocenters. The number of benzene rings is 1. The number of amides is 2. The molecule has 0 heterocycles. The second-order valence-electron chi connectivity index (χ2n) is 6.13. The Morgan fingerprint density at radius 1 is 1.14 bits per heavy atom. The van der Waals surface area contributed by atoms with Gasteiger partial charge in [-0.05, 0) is 37.8 Å². The maximum Gasteiger partial charge on any atom is 0.317 e. The molecule has 1 aliphatic rings. The highest BCUT2D eigenvalue weighted by Gasteiger charge is 2.21. The molecule has 0 radical (unpaired) electrons. The van der Waals surface area contributed by atoms with Gasteiger partial charge < -0.3 is 20.2 Å². The van der Waals surface area contributed by atoms with Gasteiger partial charge in [-0.15, -0.1) is 0 Å². The fourth-order valence-electron chi connectivity index (χ4n) is 2.72. The molecule has 0 aliphatic heterocycles. The third-order valence-electron chi connectivity index (χ3n) is 4.34. The van der Waals surface area contributed by atoms with Gasteiger partial charge >= 0.3 is 6.03 Å². The van der Waals surface area contributed by atoms with Crippen LogP contribution in [-0.2, 0) is 0 Å². The van der Waals surface area contributed by atoms with Gasteiger partial charge in [-0.3, -0.25) is 0 Å². The van der Waals surface area contributed by atoms with Gasteiger partial charge in [0.1, 0.15) is 0 Å². The summed E-state index contributed by atoms with van der Waals surface area (Å²) in [6.07, 6.45) is 3.11. The summed E-state index contributed by atoms with van der Waals surface area (Å²) in [7, 11) is 3.86. The van der Waals surface area contributed by atoms with Crippen molar-refractivity contribution < 1.29 is 9.90 Å². The molecular formula is C17H27N3O2. The molecule has 0 aromatic heterocycles. The van der Waals surface area contributed by atoms with E-state index < -0.39 is 0 Å². The molecule has 0 bridgehead atoms. The van der Waals surface area contributed by atoms with Gasteiger partial charge in [0.15, 0.2) is 0 Å². The number of nitrogens with zero attached hydrogens (tertiary/aromatic N) is 2. The van der Waals surface area contributed by atoms with Crippen LogP contribution in [0.5, 0.6) is 0 Å². The first-order chi connectivity index (χ1) is 10.6. The highest BCUT2D eigenvalue weighted by Crippen LogP contribution is 2.18. The highest BCUT2D eigenvalue weighted by atomic mass is 16.3. The van der Waals surface area contributed by atoms with Crippen LogP contribution >= 0.6 is 0 Å². The van der Waals surface area contributed by atoms with Crippen molar-refractivity contribution in [3.05, 3.63) is 30.3 Å². The van der Waals surface area contributed by atoms with Crippen molar-refractivity contribution in [3.8, 4) is 0 Å². The Morgan fingerprint density at radius 3 is 2.41 bits per heavy atom. The average molecular weight is 305 g/mol. The monoisotopic (exact) mass is 305 g/mol. The Labute approximate surface area is 132 Å². The summed E-state index contributed by atoms with van der Waals surface area (Å²) < 4.78 is 0. The molecule has 122 valence electrons. The van der Waals surface area contributed by atoms with Crippen LogP contribution in [0.3, 0.4) is 0 Å². The van der Waals surface area contributed by atoms with E-state index in [9.17, 15) is 9.90 Å². The predicted molar refractivity (Wildman–Crippen MR) is 89.1 cm³/mol. The Bertz CT molecular complexity index is 458. The first-order valence-electron chi connectivity index (χ1n) is 8.02. The van der Waals surface area contributed by atoms with Crippen molar-refractivity contribution in [2.24, 2.45) is 0 Å². The van der Waals surface area contributed by atoms with E-state index in [-0.39, 0.29) is 18.2 Å². The smallest absolute Gasteiger partial charge is 0.317 e. The number of nitrogens with one attached hydrogen (secondary N) is 1. The van der Waals surface area contributed by atoms with E-state index in [4.69, 9.17) is 0 Å². The van der Waals surface area contributed by atoms with Crippen LogP contribution in [0.4, 0.5) is 10.5 Å². The van der Waals surface area contributed by atoms with Crippen LogP contribution in [0.25, 0.3) is 0 Å². The zero-order valence-electron chi connectivity index (χ0n) is 13.5. The van der Waals surface area contributed by atoms with Crippen LogP contribution in [0.1, 0.15) is 25.7 Å². The highest BCUT2D eigenvalue weighted by molar-refractivity contribution is 5.74. The van der Waals surface area contributed by atoms with Gasteiger partial charge in [-0.2, -0.15) is 0 Å². The van der Waals surface area contributed by atoms with Crippen molar-refractivity contribution in [2.75, 3.05) is 32.1 Å². The molecule has 5 nitrogen and oxygen atoms in total. The zero-order chi connectivity index (χ0) is 15.9. The first kappa shape index (κ1) is 16.6. The fourth-order valence-corrected chi connectivity index (χ4v) is 2.72. The van der Waals surface area contributed by atoms with E-state index in [1.807, 2.05) is 32.3 Å². The van der Waals surface area contributed by atoms with Crippen LogP contribution in [0.15, 0.2) is 30.3 Å². The number of anilines is 1. The Morgan fingerprint density at radius 2 is 1.77 bits per heavy atom. The van der Waals surface area contributed by atoms with Crippen LogP contribution in [-0.4, -0.2) is 55.4 Å². The summed E-state index contributed by atoms with van der Waals surface area (Å²) in [6.45, 7) is 1.46. The van der Waals surface area contributed by atoms with Crippen LogP contribution < -0.4 is 10.2 Å². The molecule has 1 aromatic carbocycles. The molecule has 0 saturated heterocycles. The number of likely N-dealkylation sites (N-methyl/N-ethyl adjacent to an activating group) is 2. The molecule has 0 unspecified atom stereocenters. The second-order valence-corrected chi connectivity index (χ2v) is 6.13.